The van der Waals surface area contributed by atoms with E-state index in [0.717, 1.165) is 36.3 Å². The van der Waals surface area contributed by atoms with E-state index in [1.807, 2.05) is 34.9 Å². The predicted octanol–water partition coefficient (Wildman–Crippen LogP) is 5.09. The highest BCUT2D eigenvalue weighted by Crippen LogP contribution is 2.29. The number of unbranched alkanes of at least 4 members (excludes halogenated alkanes) is 1. The van der Waals surface area contributed by atoms with Gasteiger partial charge in [-0.1, -0.05) is 60.6 Å². The second-order valence-electron chi connectivity index (χ2n) is 6.48. The molecule has 8 heteroatoms. The molecule has 2 aromatic heterocycles. The Morgan fingerprint density at radius 2 is 1.83 bits per heavy atom. The van der Waals surface area contributed by atoms with Crippen molar-refractivity contribution in [2.75, 3.05) is 0 Å². The summed E-state index contributed by atoms with van der Waals surface area (Å²) in [6.07, 6.45) is 2.93. The molecule has 0 saturated heterocycles. The smallest absolute Gasteiger partial charge is 0.237 e. The zero-order valence-electron chi connectivity index (χ0n) is 16.0. The molecule has 2 heterocycles. The van der Waals surface area contributed by atoms with Gasteiger partial charge in [0.15, 0.2) is 16.8 Å². The minimum absolute atomic E-state index is 0.289. The number of thioether (sulfide) groups is 1. The standard InChI is InChI=1S/C21H20FN5OS/c1-2-3-9-18-23-19(28-26-18)14-29-21-25-24-20(15-7-5-4-6-8-15)27(21)17-12-10-16(22)11-13-17/h4-8,10-13H,2-3,9,14H2,1H3. The summed E-state index contributed by atoms with van der Waals surface area (Å²) in [5, 5.41) is 13.4. The summed E-state index contributed by atoms with van der Waals surface area (Å²) in [4.78, 5) is 4.44. The van der Waals surface area contributed by atoms with Crippen molar-refractivity contribution in [1.29, 1.82) is 0 Å². The van der Waals surface area contributed by atoms with Gasteiger partial charge in [0.1, 0.15) is 5.82 Å². The van der Waals surface area contributed by atoms with Crippen molar-refractivity contribution in [3.8, 4) is 17.1 Å². The Hall–Kier alpha value is -3.00. The Morgan fingerprint density at radius 3 is 2.59 bits per heavy atom. The molecular formula is C21H20FN5OS. The molecule has 0 aliphatic carbocycles. The van der Waals surface area contributed by atoms with E-state index in [1.165, 1.54) is 23.9 Å². The molecule has 0 aliphatic heterocycles. The number of benzene rings is 2. The molecule has 0 atom stereocenters. The highest BCUT2D eigenvalue weighted by atomic mass is 32.2. The Labute approximate surface area is 172 Å². The van der Waals surface area contributed by atoms with E-state index < -0.39 is 0 Å². The lowest BCUT2D eigenvalue weighted by Gasteiger charge is -2.10. The third kappa shape index (κ3) is 4.54. The van der Waals surface area contributed by atoms with Gasteiger partial charge in [0.2, 0.25) is 5.89 Å². The van der Waals surface area contributed by atoms with Crippen molar-refractivity contribution in [2.45, 2.75) is 37.1 Å². The van der Waals surface area contributed by atoms with Gasteiger partial charge < -0.3 is 4.52 Å². The Bertz CT molecular complexity index is 1060. The number of nitrogens with zero attached hydrogens (tertiary/aromatic N) is 5. The number of aromatic nitrogens is 5. The van der Waals surface area contributed by atoms with Crippen LogP contribution in [-0.2, 0) is 12.2 Å². The molecule has 0 bridgehead atoms. The van der Waals surface area contributed by atoms with Crippen LogP contribution < -0.4 is 0 Å². The predicted molar refractivity (Wildman–Crippen MR) is 109 cm³/mol. The van der Waals surface area contributed by atoms with Gasteiger partial charge in [0.25, 0.3) is 0 Å². The van der Waals surface area contributed by atoms with Gasteiger partial charge in [0.05, 0.1) is 5.75 Å². The Balaban J connectivity index is 1.62. The number of halogens is 1. The van der Waals surface area contributed by atoms with E-state index >= 15 is 0 Å². The molecule has 29 heavy (non-hydrogen) atoms. The third-order valence-electron chi connectivity index (χ3n) is 4.34. The first kappa shape index (κ1) is 19.3. The van der Waals surface area contributed by atoms with Gasteiger partial charge in [-0.2, -0.15) is 4.98 Å². The minimum atomic E-state index is -0.289. The van der Waals surface area contributed by atoms with Gasteiger partial charge >= 0.3 is 0 Å². The van der Waals surface area contributed by atoms with E-state index in [1.54, 1.807) is 12.1 Å². The highest BCUT2D eigenvalue weighted by Gasteiger charge is 2.17. The summed E-state index contributed by atoms with van der Waals surface area (Å²) < 4.78 is 20.7. The van der Waals surface area contributed by atoms with E-state index in [9.17, 15) is 4.39 Å². The second kappa shape index (κ2) is 9.00. The fourth-order valence-electron chi connectivity index (χ4n) is 2.87. The summed E-state index contributed by atoms with van der Waals surface area (Å²) in [6, 6.07) is 16.1. The van der Waals surface area contributed by atoms with Crippen LogP contribution >= 0.6 is 11.8 Å². The lowest BCUT2D eigenvalue weighted by Crippen LogP contribution is -2.00. The molecule has 6 nitrogen and oxygen atoms in total. The molecule has 2 aromatic carbocycles. The van der Waals surface area contributed by atoms with Crippen LogP contribution in [0.3, 0.4) is 0 Å². The van der Waals surface area contributed by atoms with Crippen molar-refractivity contribution in [3.63, 3.8) is 0 Å². The molecule has 0 unspecified atom stereocenters. The van der Waals surface area contributed by atoms with Gasteiger partial charge in [-0.05, 0) is 30.7 Å². The SMILES string of the molecule is CCCCc1noc(CSc2nnc(-c3ccccc3)n2-c2ccc(F)cc2)n1. The summed E-state index contributed by atoms with van der Waals surface area (Å²) >= 11 is 1.45. The van der Waals surface area contributed by atoms with Crippen LogP contribution in [0.5, 0.6) is 0 Å². The number of hydrogen-bond donors (Lipinski definition) is 0. The largest absolute Gasteiger partial charge is 0.338 e. The first-order valence-corrected chi connectivity index (χ1v) is 10.4. The molecule has 0 fully saturated rings. The van der Waals surface area contributed by atoms with Gasteiger partial charge in [-0.25, -0.2) is 4.39 Å². The number of aryl methyl sites for hydroxylation is 1. The molecule has 4 rings (SSSR count). The molecule has 148 valence electrons. The molecule has 0 radical (unpaired) electrons. The fourth-order valence-corrected chi connectivity index (χ4v) is 3.66. The molecule has 0 N–H and O–H groups in total. The summed E-state index contributed by atoms with van der Waals surface area (Å²) in [6.45, 7) is 2.13. The van der Waals surface area contributed by atoms with E-state index in [4.69, 9.17) is 4.52 Å². The Morgan fingerprint density at radius 1 is 1.03 bits per heavy atom. The molecule has 0 aliphatic rings. The van der Waals surface area contributed by atoms with E-state index in [0.29, 0.717) is 22.6 Å². The average Bonchev–Trinajstić information content (AvgIpc) is 3.39. The third-order valence-corrected chi connectivity index (χ3v) is 5.25. The first-order chi connectivity index (χ1) is 14.2. The maximum absolute atomic E-state index is 13.4. The van der Waals surface area contributed by atoms with Crippen LogP contribution in [0.15, 0.2) is 64.3 Å². The second-order valence-corrected chi connectivity index (χ2v) is 7.42. The fraction of sp³-hybridized carbons (Fsp3) is 0.238. The van der Waals surface area contributed by atoms with Gasteiger partial charge in [-0.3, -0.25) is 4.57 Å². The average molecular weight is 409 g/mol. The van der Waals surface area contributed by atoms with Crippen LogP contribution in [0.25, 0.3) is 17.1 Å². The lowest BCUT2D eigenvalue weighted by molar-refractivity contribution is 0.384. The quantitative estimate of drug-likeness (QED) is 0.378. The zero-order chi connectivity index (χ0) is 20.1. The van der Waals surface area contributed by atoms with Crippen molar-refractivity contribution in [2.24, 2.45) is 0 Å². The molecule has 0 spiro atoms. The maximum atomic E-state index is 13.4. The topological polar surface area (TPSA) is 69.6 Å². The van der Waals surface area contributed by atoms with Crippen molar-refractivity contribution >= 4 is 11.8 Å². The van der Waals surface area contributed by atoms with Crippen LogP contribution in [0, 0.1) is 5.82 Å². The van der Waals surface area contributed by atoms with Crippen LogP contribution in [-0.4, -0.2) is 24.9 Å². The molecule has 0 saturated carbocycles. The summed E-state index contributed by atoms with van der Waals surface area (Å²) in [5.74, 6) is 2.16. The highest BCUT2D eigenvalue weighted by molar-refractivity contribution is 7.98. The Kier molecular flexibility index (Phi) is 6.00. The van der Waals surface area contributed by atoms with Gasteiger partial charge in [0, 0.05) is 17.7 Å². The van der Waals surface area contributed by atoms with Crippen LogP contribution in [0.4, 0.5) is 4.39 Å². The normalized spacial score (nSPS) is 11.1. The lowest BCUT2D eigenvalue weighted by atomic mass is 10.2. The van der Waals surface area contributed by atoms with E-state index in [-0.39, 0.29) is 5.82 Å². The van der Waals surface area contributed by atoms with Crippen molar-refractivity contribution < 1.29 is 8.91 Å². The number of hydrogen-bond acceptors (Lipinski definition) is 6. The summed E-state index contributed by atoms with van der Waals surface area (Å²) in [7, 11) is 0. The van der Waals surface area contributed by atoms with Crippen LogP contribution in [0.1, 0.15) is 31.5 Å². The summed E-state index contributed by atoms with van der Waals surface area (Å²) in [5.41, 5.74) is 1.71. The van der Waals surface area contributed by atoms with E-state index in [2.05, 4.69) is 27.3 Å². The minimum Gasteiger partial charge on any atom is -0.338 e. The van der Waals surface area contributed by atoms with Gasteiger partial charge in [-0.15, -0.1) is 10.2 Å². The van der Waals surface area contributed by atoms with Crippen molar-refractivity contribution in [1.82, 2.24) is 24.9 Å². The van der Waals surface area contributed by atoms with Crippen LogP contribution in [0.2, 0.25) is 0 Å². The molecule has 4 aromatic rings. The zero-order valence-corrected chi connectivity index (χ0v) is 16.8. The molecule has 0 amide bonds. The number of rotatable bonds is 8. The van der Waals surface area contributed by atoms with Crippen molar-refractivity contribution in [3.05, 3.63) is 72.1 Å². The molecular weight excluding hydrogens is 389 g/mol. The first-order valence-electron chi connectivity index (χ1n) is 9.45. The maximum Gasteiger partial charge on any atom is 0.237 e. The monoisotopic (exact) mass is 409 g/mol.